The molecule has 0 bridgehead atoms. The summed E-state index contributed by atoms with van der Waals surface area (Å²) in [6.45, 7) is 2.29. The summed E-state index contributed by atoms with van der Waals surface area (Å²) in [6.07, 6.45) is 19.8. The fourth-order valence-electron chi connectivity index (χ4n) is 4.39. The molecule has 0 spiro atoms. The quantitative estimate of drug-likeness (QED) is 0.355. The third kappa shape index (κ3) is 5.95. The minimum Gasteiger partial charge on any atom is -0.252 e. The van der Waals surface area contributed by atoms with Crippen molar-refractivity contribution >= 4 is 22.5 Å². The number of rotatable bonds is 11. The number of hydrogen-bond donors (Lipinski definition) is 0. The van der Waals surface area contributed by atoms with E-state index in [0.717, 1.165) is 23.4 Å². The predicted molar refractivity (Wildman–Crippen MR) is 119 cm³/mol. The van der Waals surface area contributed by atoms with E-state index in [1.165, 1.54) is 106 Å². The van der Waals surface area contributed by atoms with Gasteiger partial charge in [0.1, 0.15) is 0 Å². The van der Waals surface area contributed by atoms with E-state index in [0.29, 0.717) is 0 Å². The van der Waals surface area contributed by atoms with Crippen LogP contribution in [-0.2, 0) is 19.3 Å². The molecule has 0 radical (unpaired) electrons. The van der Waals surface area contributed by atoms with Crippen molar-refractivity contribution in [2.45, 2.75) is 103 Å². The zero-order chi connectivity index (χ0) is 18.9. The molecule has 1 aromatic heterocycles. The van der Waals surface area contributed by atoms with Gasteiger partial charge in [-0.25, -0.2) is 0 Å². The minimum atomic E-state index is 0.972. The van der Waals surface area contributed by atoms with E-state index < -0.39 is 0 Å². The van der Waals surface area contributed by atoms with Crippen molar-refractivity contribution in [1.82, 2.24) is 4.98 Å². The number of halogens is 1. The first-order chi connectivity index (χ1) is 13.3. The van der Waals surface area contributed by atoms with Gasteiger partial charge in [0.25, 0.3) is 0 Å². The third-order valence-corrected chi connectivity index (χ3v) is 6.51. The molecule has 0 saturated heterocycles. The molecular weight excluding hydrogens is 350 g/mol. The molecule has 1 aliphatic carbocycles. The van der Waals surface area contributed by atoms with Crippen molar-refractivity contribution in [3.05, 3.63) is 40.0 Å². The van der Waals surface area contributed by atoms with Crippen LogP contribution in [0.3, 0.4) is 0 Å². The Kier molecular flexibility index (Phi) is 8.45. The Labute approximate surface area is 170 Å². The van der Waals surface area contributed by atoms with E-state index in [2.05, 4.69) is 25.1 Å². The largest absolute Gasteiger partial charge is 0.252 e. The highest BCUT2D eigenvalue weighted by Crippen LogP contribution is 2.33. The maximum Gasteiger partial charge on any atom is 0.0720 e. The van der Waals surface area contributed by atoms with E-state index in [1.54, 1.807) is 0 Å². The number of aryl methyl sites for hydroxylation is 2. The van der Waals surface area contributed by atoms with Crippen molar-refractivity contribution in [2.24, 2.45) is 0 Å². The average Bonchev–Trinajstić information content (AvgIpc) is 2.70. The van der Waals surface area contributed by atoms with Crippen LogP contribution >= 0.6 is 11.6 Å². The van der Waals surface area contributed by atoms with Gasteiger partial charge in [0, 0.05) is 11.1 Å². The molecule has 0 aliphatic heterocycles. The minimum absolute atomic E-state index is 0.972. The van der Waals surface area contributed by atoms with Crippen LogP contribution in [0, 0.1) is 0 Å². The van der Waals surface area contributed by atoms with Gasteiger partial charge >= 0.3 is 0 Å². The number of unbranched alkanes of at least 4 members (excludes halogenated alkanes) is 9. The van der Waals surface area contributed by atoms with E-state index in [1.807, 2.05) is 0 Å². The number of benzene rings is 1. The Hall–Kier alpha value is -1.08. The van der Waals surface area contributed by atoms with E-state index in [4.69, 9.17) is 16.6 Å². The topological polar surface area (TPSA) is 12.9 Å². The Morgan fingerprint density at radius 3 is 2.26 bits per heavy atom. The monoisotopic (exact) mass is 385 g/mol. The zero-order valence-corrected chi connectivity index (χ0v) is 17.9. The summed E-state index contributed by atoms with van der Waals surface area (Å²) in [6, 6.07) is 6.74. The number of fused-ring (bicyclic) bond motifs is 2. The first-order valence-electron chi connectivity index (χ1n) is 11.4. The van der Waals surface area contributed by atoms with Gasteiger partial charge in [-0.2, -0.15) is 0 Å². The normalized spacial score (nSPS) is 13.9. The summed E-state index contributed by atoms with van der Waals surface area (Å²) in [5, 5.41) is 2.14. The maximum absolute atomic E-state index is 6.76. The first kappa shape index (κ1) is 20.6. The highest BCUT2D eigenvalue weighted by molar-refractivity contribution is 6.36. The lowest BCUT2D eigenvalue weighted by Crippen LogP contribution is -2.06. The summed E-state index contributed by atoms with van der Waals surface area (Å²) in [4.78, 5) is 4.89. The molecule has 1 aliphatic rings. The average molecular weight is 386 g/mol. The van der Waals surface area contributed by atoms with Crippen LogP contribution in [0.4, 0.5) is 0 Å². The lowest BCUT2D eigenvalue weighted by atomic mass is 9.94. The predicted octanol–water partition coefficient (Wildman–Crippen LogP) is 8.23. The zero-order valence-electron chi connectivity index (χ0n) is 17.2. The molecule has 0 N–H and O–H groups in total. The second kappa shape index (κ2) is 11.1. The van der Waals surface area contributed by atoms with E-state index in [9.17, 15) is 0 Å². The molecule has 27 heavy (non-hydrogen) atoms. The smallest absolute Gasteiger partial charge is 0.0720 e. The van der Waals surface area contributed by atoms with E-state index >= 15 is 0 Å². The SMILES string of the molecule is CCCCCCCCCCCCc1ccc2nc3c(c(Cl)c2c1)CCCC3. The van der Waals surface area contributed by atoms with Crippen LogP contribution in [-0.4, -0.2) is 4.98 Å². The fourth-order valence-corrected chi connectivity index (χ4v) is 4.74. The molecule has 3 rings (SSSR count). The van der Waals surface area contributed by atoms with Crippen molar-refractivity contribution in [1.29, 1.82) is 0 Å². The van der Waals surface area contributed by atoms with Gasteiger partial charge in [0.15, 0.2) is 0 Å². The lowest BCUT2D eigenvalue weighted by Gasteiger charge is -2.18. The van der Waals surface area contributed by atoms with Crippen molar-refractivity contribution < 1.29 is 0 Å². The van der Waals surface area contributed by atoms with Crippen LogP contribution in [0.25, 0.3) is 10.9 Å². The molecular formula is C25H36ClN. The Morgan fingerprint density at radius 2 is 1.52 bits per heavy atom. The molecule has 0 unspecified atom stereocenters. The summed E-state index contributed by atoms with van der Waals surface area (Å²) >= 11 is 6.76. The number of hydrogen-bond acceptors (Lipinski definition) is 1. The molecule has 0 amide bonds. The Morgan fingerprint density at radius 1 is 0.852 bits per heavy atom. The Bertz CT molecular complexity index is 722. The second-order valence-electron chi connectivity index (χ2n) is 8.34. The van der Waals surface area contributed by atoms with Crippen molar-refractivity contribution in [3.8, 4) is 0 Å². The van der Waals surface area contributed by atoms with Gasteiger partial charge in [-0.15, -0.1) is 0 Å². The standard InChI is InChI=1S/C25H36ClN/c1-2-3-4-5-6-7-8-9-10-11-14-20-17-18-24-22(19-20)25(26)21-15-12-13-16-23(21)27-24/h17-19H,2-16H2,1H3. The van der Waals surface area contributed by atoms with Gasteiger partial charge in [-0.1, -0.05) is 82.4 Å². The van der Waals surface area contributed by atoms with Gasteiger partial charge in [0.05, 0.1) is 10.5 Å². The summed E-state index contributed by atoms with van der Waals surface area (Å²) in [5.41, 5.74) is 5.04. The van der Waals surface area contributed by atoms with Crippen molar-refractivity contribution in [2.75, 3.05) is 0 Å². The molecule has 1 aromatic carbocycles. The summed E-state index contributed by atoms with van der Waals surface area (Å²) in [7, 11) is 0. The van der Waals surface area contributed by atoms with Gasteiger partial charge in [-0.05, 0) is 61.8 Å². The number of pyridine rings is 1. The van der Waals surface area contributed by atoms with Crippen LogP contribution in [0.15, 0.2) is 18.2 Å². The highest BCUT2D eigenvalue weighted by atomic mass is 35.5. The molecule has 2 heteroatoms. The molecule has 2 aromatic rings. The van der Waals surface area contributed by atoms with Crippen LogP contribution in [0.1, 0.15) is 101 Å². The lowest BCUT2D eigenvalue weighted by molar-refractivity contribution is 0.556. The van der Waals surface area contributed by atoms with Crippen LogP contribution in [0.2, 0.25) is 5.02 Å². The second-order valence-corrected chi connectivity index (χ2v) is 8.72. The van der Waals surface area contributed by atoms with Gasteiger partial charge < -0.3 is 0 Å². The van der Waals surface area contributed by atoms with E-state index in [-0.39, 0.29) is 0 Å². The third-order valence-electron chi connectivity index (χ3n) is 6.08. The fraction of sp³-hybridized carbons (Fsp3) is 0.640. The summed E-state index contributed by atoms with van der Waals surface area (Å²) in [5.74, 6) is 0. The molecule has 0 fully saturated rings. The summed E-state index contributed by atoms with van der Waals surface area (Å²) < 4.78 is 0. The first-order valence-corrected chi connectivity index (χ1v) is 11.8. The molecule has 0 atom stereocenters. The van der Waals surface area contributed by atoms with Crippen molar-refractivity contribution in [3.63, 3.8) is 0 Å². The Balaban J connectivity index is 1.44. The molecule has 148 valence electrons. The maximum atomic E-state index is 6.76. The molecule has 1 nitrogen and oxygen atoms in total. The molecule has 0 saturated carbocycles. The highest BCUT2D eigenvalue weighted by Gasteiger charge is 2.17. The van der Waals surface area contributed by atoms with Crippen LogP contribution < -0.4 is 0 Å². The molecule has 1 heterocycles. The van der Waals surface area contributed by atoms with Crippen LogP contribution in [0.5, 0.6) is 0 Å². The van der Waals surface area contributed by atoms with Gasteiger partial charge in [-0.3, -0.25) is 4.98 Å². The van der Waals surface area contributed by atoms with Gasteiger partial charge in [0.2, 0.25) is 0 Å². The number of aromatic nitrogens is 1. The number of nitrogens with zero attached hydrogens (tertiary/aromatic N) is 1.